The highest BCUT2D eigenvalue weighted by Gasteiger charge is 2.06. The standard InChI is InChI=1S/C12H14ClN3O2/c1-18-12-7-10(4-5-11(12)13)16-8-9(14-15-16)3-2-6-17/h4-5,7-8,17H,2-3,6H2,1H3. The van der Waals surface area contributed by atoms with Gasteiger partial charge >= 0.3 is 0 Å². The van der Waals surface area contributed by atoms with Gasteiger partial charge in [-0.25, -0.2) is 4.68 Å². The third kappa shape index (κ3) is 2.80. The van der Waals surface area contributed by atoms with Gasteiger partial charge in [-0.2, -0.15) is 0 Å². The van der Waals surface area contributed by atoms with Crippen molar-refractivity contribution in [1.82, 2.24) is 15.0 Å². The third-order valence-electron chi connectivity index (χ3n) is 2.53. The van der Waals surface area contributed by atoms with Gasteiger partial charge in [0, 0.05) is 12.7 Å². The number of aliphatic hydroxyl groups excluding tert-OH is 1. The van der Waals surface area contributed by atoms with Gasteiger partial charge in [0.25, 0.3) is 0 Å². The molecule has 1 N–H and O–H groups in total. The second kappa shape index (κ2) is 5.84. The number of methoxy groups -OCH3 is 1. The van der Waals surface area contributed by atoms with Crippen LogP contribution in [0.3, 0.4) is 0 Å². The summed E-state index contributed by atoms with van der Waals surface area (Å²) in [5, 5.41) is 17.4. The van der Waals surface area contributed by atoms with Crippen LogP contribution in [0.1, 0.15) is 12.1 Å². The normalized spacial score (nSPS) is 10.6. The number of benzene rings is 1. The largest absolute Gasteiger partial charge is 0.495 e. The number of nitrogens with zero attached hydrogens (tertiary/aromatic N) is 3. The molecule has 2 aromatic rings. The summed E-state index contributed by atoms with van der Waals surface area (Å²) >= 11 is 5.96. The maximum Gasteiger partial charge on any atom is 0.139 e. The van der Waals surface area contributed by atoms with Crippen molar-refractivity contribution in [3.63, 3.8) is 0 Å². The fraction of sp³-hybridized carbons (Fsp3) is 0.333. The monoisotopic (exact) mass is 267 g/mol. The van der Waals surface area contributed by atoms with E-state index in [0.717, 1.165) is 11.4 Å². The van der Waals surface area contributed by atoms with E-state index in [9.17, 15) is 0 Å². The summed E-state index contributed by atoms with van der Waals surface area (Å²) in [6, 6.07) is 5.40. The van der Waals surface area contributed by atoms with Crippen LogP contribution < -0.4 is 4.74 Å². The Labute approximate surface area is 110 Å². The van der Waals surface area contributed by atoms with E-state index in [2.05, 4.69) is 10.3 Å². The van der Waals surface area contributed by atoms with E-state index in [1.54, 1.807) is 23.9 Å². The Morgan fingerprint density at radius 3 is 3.00 bits per heavy atom. The zero-order valence-corrected chi connectivity index (χ0v) is 10.8. The lowest BCUT2D eigenvalue weighted by Gasteiger charge is -2.05. The highest BCUT2D eigenvalue weighted by atomic mass is 35.5. The molecule has 0 bridgehead atoms. The molecule has 96 valence electrons. The van der Waals surface area contributed by atoms with Crippen molar-refractivity contribution in [2.45, 2.75) is 12.8 Å². The molecule has 0 saturated heterocycles. The first-order valence-corrected chi connectivity index (χ1v) is 5.98. The molecule has 2 rings (SSSR count). The molecule has 0 radical (unpaired) electrons. The van der Waals surface area contributed by atoms with Gasteiger partial charge in [0.05, 0.1) is 29.7 Å². The first-order valence-electron chi connectivity index (χ1n) is 5.60. The minimum Gasteiger partial charge on any atom is -0.495 e. The van der Waals surface area contributed by atoms with Crippen LogP contribution in [0.4, 0.5) is 0 Å². The van der Waals surface area contributed by atoms with Crippen LogP contribution in [0.5, 0.6) is 5.75 Å². The molecule has 0 atom stereocenters. The Kier molecular flexibility index (Phi) is 4.17. The van der Waals surface area contributed by atoms with Crippen LogP contribution in [0.2, 0.25) is 5.02 Å². The van der Waals surface area contributed by atoms with E-state index >= 15 is 0 Å². The minimum atomic E-state index is 0.154. The molecule has 0 spiro atoms. The summed E-state index contributed by atoms with van der Waals surface area (Å²) in [5.74, 6) is 0.599. The molecule has 1 heterocycles. The van der Waals surface area contributed by atoms with Crippen LogP contribution >= 0.6 is 11.6 Å². The summed E-state index contributed by atoms with van der Waals surface area (Å²) in [6.07, 6.45) is 3.22. The Hall–Kier alpha value is -1.59. The SMILES string of the molecule is COc1cc(-n2cc(CCCO)nn2)ccc1Cl. The van der Waals surface area contributed by atoms with Gasteiger partial charge in [0.1, 0.15) is 5.75 Å². The van der Waals surface area contributed by atoms with Gasteiger partial charge in [-0.3, -0.25) is 0 Å². The van der Waals surface area contributed by atoms with Crippen LogP contribution in [0.15, 0.2) is 24.4 Å². The number of aliphatic hydroxyl groups is 1. The molecule has 18 heavy (non-hydrogen) atoms. The third-order valence-corrected chi connectivity index (χ3v) is 2.84. The zero-order chi connectivity index (χ0) is 13.0. The number of aromatic nitrogens is 3. The second-order valence-corrected chi connectivity index (χ2v) is 4.21. The van der Waals surface area contributed by atoms with Gasteiger partial charge < -0.3 is 9.84 Å². The van der Waals surface area contributed by atoms with E-state index < -0.39 is 0 Å². The zero-order valence-electron chi connectivity index (χ0n) is 10.0. The van der Waals surface area contributed by atoms with Crippen molar-refractivity contribution >= 4 is 11.6 Å². The second-order valence-electron chi connectivity index (χ2n) is 3.80. The highest BCUT2D eigenvalue weighted by Crippen LogP contribution is 2.26. The van der Waals surface area contributed by atoms with E-state index in [4.69, 9.17) is 21.4 Å². The van der Waals surface area contributed by atoms with Gasteiger partial charge in [-0.05, 0) is 25.0 Å². The molecule has 1 aromatic heterocycles. The number of halogens is 1. The van der Waals surface area contributed by atoms with Gasteiger partial charge in [-0.15, -0.1) is 5.10 Å². The number of ether oxygens (including phenoxy) is 1. The average Bonchev–Trinajstić information content (AvgIpc) is 2.85. The molecule has 0 aliphatic heterocycles. The topological polar surface area (TPSA) is 60.2 Å². The molecular formula is C12H14ClN3O2. The Balaban J connectivity index is 2.23. The fourth-order valence-corrected chi connectivity index (χ4v) is 1.78. The van der Waals surface area contributed by atoms with Crippen LogP contribution in [0, 0.1) is 0 Å². The molecule has 0 amide bonds. The molecule has 1 aromatic carbocycles. The van der Waals surface area contributed by atoms with Crippen molar-refractivity contribution in [3.8, 4) is 11.4 Å². The van der Waals surface area contributed by atoms with Crippen LogP contribution in [0.25, 0.3) is 5.69 Å². The summed E-state index contributed by atoms with van der Waals surface area (Å²) in [4.78, 5) is 0. The number of hydrogen-bond donors (Lipinski definition) is 1. The lowest BCUT2D eigenvalue weighted by atomic mass is 10.2. The first kappa shape index (κ1) is 12.9. The Morgan fingerprint density at radius 1 is 1.44 bits per heavy atom. The van der Waals surface area contributed by atoms with Crippen molar-refractivity contribution < 1.29 is 9.84 Å². The summed E-state index contributed by atoms with van der Waals surface area (Å²) in [5.41, 5.74) is 1.68. The predicted molar refractivity (Wildman–Crippen MR) is 68.3 cm³/mol. The molecule has 0 aliphatic rings. The van der Waals surface area contributed by atoms with Crippen LogP contribution in [-0.4, -0.2) is 33.8 Å². The first-order chi connectivity index (χ1) is 8.74. The predicted octanol–water partition coefficient (Wildman–Crippen LogP) is 1.85. The van der Waals surface area contributed by atoms with Gasteiger partial charge in [0.15, 0.2) is 0 Å². The number of aryl methyl sites for hydroxylation is 1. The molecule has 0 unspecified atom stereocenters. The highest BCUT2D eigenvalue weighted by molar-refractivity contribution is 6.32. The summed E-state index contributed by atoms with van der Waals surface area (Å²) in [6.45, 7) is 0.154. The maximum atomic E-state index is 8.76. The minimum absolute atomic E-state index is 0.154. The van der Waals surface area contributed by atoms with Crippen molar-refractivity contribution in [3.05, 3.63) is 35.1 Å². The van der Waals surface area contributed by atoms with Crippen molar-refractivity contribution in [1.29, 1.82) is 0 Å². The molecular weight excluding hydrogens is 254 g/mol. The van der Waals surface area contributed by atoms with Crippen molar-refractivity contribution in [2.75, 3.05) is 13.7 Å². The molecule has 0 fully saturated rings. The number of rotatable bonds is 5. The smallest absolute Gasteiger partial charge is 0.139 e. The Bertz CT molecular complexity index is 528. The lowest BCUT2D eigenvalue weighted by Crippen LogP contribution is -1.96. The van der Waals surface area contributed by atoms with Gasteiger partial charge in [0.2, 0.25) is 0 Å². The van der Waals surface area contributed by atoms with E-state index in [-0.39, 0.29) is 6.61 Å². The van der Waals surface area contributed by atoms with E-state index in [1.807, 2.05) is 12.3 Å². The van der Waals surface area contributed by atoms with E-state index in [0.29, 0.717) is 23.6 Å². The van der Waals surface area contributed by atoms with Gasteiger partial charge in [-0.1, -0.05) is 16.8 Å². The molecule has 0 saturated carbocycles. The van der Waals surface area contributed by atoms with Crippen LogP contribution in [-0.2, 0) is 6.42 Å². The van der Waals surface area contributed by atoms with E-state index in [1.165, 1.54) is 0 Å². The molecule has 5 nitrogen and oxygen atoms in total. The average molecular weight is 268 g/mol. The maximum absolute atomic E-state index is 8.76. The summed E-state index contributed by atoms with van der Waals surface area (Å²) in [7, 11) is 1.57. The molecule has 0 aliphatic carbocycles. The Morgan fingerprint density at radius 2 is 2.28 bits per heavy atom. The van der Waals surface area contributed by atoms with Crippen molar-refractivity contribution in [2.24, 2.45) is 0 Å². The number of hydrogen-bond acceptors (Lipinski definition) is 4. The fourth-order valence-electron chi connectivity index (χ4n) is 1.59. The quantitative estimate of drug-likeness (QED) is 0.898. The summed E-state index contributed by atoms with van der Waals surface area (Å²) < 4.78 is 6.81. The molecule has 6 heteroatoms. The lowest BCUT2D eigenvalue weighted by molar-refractivity contribution is 0.288.